The van der Waals surface area contributed by atoms with E-state index in [2.05, 4.69) is 0 Å². The predicted molar refractivity (Wildman–Crippen MR) is 60.9 cm³/mol. The lowest BCUT2D eigenvalue weighted by atomic mass is 9.93. The van der Waals surface area contributed by atoms with Gasteiger partial charge in [0.05, 0.1) is 6.10 Å². The summed E-state index contributed by atoms with van der Waals surface area (Å²) in [7, 11) is 0. The van der Waals surface area contributed by atoms with E-state index in [0.29, 0.717) is 13.0 Å². The molecular formula is C11H20ClNO2. The molecule has 88 valence electrons. The summed E-state index contributed by atoms with van der Waals surface area (Å²) in [6.45, 7) is 5.13. The van der Waals surface area contributed by atoms with Crippen molar-refractivity contribution in [3.05, 3.63) is 0 Å². The molecule has 1 rings (SSSR count). The summed E-state index contributed by atoms with van der Waals surface area (Å²) in [5.74, 6) is 0.230. The monoisotopic (exact) mass is 233 g/mol. The molecule has 1 heterocycles. The number of nitrogens with zero attached hydrogens (tertiary/aromatic N) is 1. The Bertz CT molecular complexity index is 221. The Kier molecular flexibility index (Phi) is 4.87. The number of amides is 1. The molecule has 0 bridgehead atoms. The molecule has 1 aliphatic rings. The largest absolute Gasteiger partial charge is 0.393 e. The van der Waals surface area contributed by atoms with E-state index >= 15 is 0 Å². The molecule has 3 nitrogen and oxygen atoms in total. The highest BCUT2D eigenvalue weighted by Gasteiger charge is 2.28. The molecule has 0 saturated carbocycles. The fourth-order valence-electron chi connectivity index (χ4n) is 1.98. The lowest BCUT2D eigenvalue weighted by Gasteiger charge is -2.35. The van der Waals surface area contributed by atoms with Crippen LogP contribution < -0.4 is 0 Å². The number of carbonyl (C=O) groups is 1. The van der Waals surface area contributed by atoms with Crippen molar-refractivity contribution >= 4 is 17.5 Å². The summed E-state index contributed by atoms with van der Waals surface area (Å²) >= 11 is 5.92. The van der Waals surface area contributed by atoms with Gasteiger partial charge in [-0.15, -0.1) is 11.6 Å². The van der Waals surface area contributed by atoms with Gasteiger partial charge in [0.15, 0.2) is 0 Å². The summed E-state index contributed by atoms with van der Waals surface area (Å²) in [6.07, 6.45) is 2.29. The van der Waals surface area contributed by atoms with Crippen LogP contribution in [0, 0.1) is 5.92 Å². The first kappa shape index (κ1) is 12.8. The lowest BCUT2D eigenvalue weighted by molar-refractivity contribution is -0.133. The second-order valence-corrected chi connectivity index (χ2v) is 4.83. The molecular weight excluding hydrogens is 214 g/mol. The van der Waals surface area contributed by atoms with E-state index in [4.69, 9.17) is 11.6 Å². The van der Waals surface area contributed by atoms with Gasteiger partial charge >= 0.3 is 0 Å². The summed E-state index contributed by atoms with van der Waals surface area (Å²) in [6, 6.07) is 0. The second-order valence-electron chi connectivity index (χ2n) is 4.30. The van der Waals surface area contributed by atoms with Crippen LogP contribution in [-0.4, -0.2) is 40.5 Å². The van der Waals surface area contributed by atoms with Crippen LogP contribution in [0.4, 0.5) is 0 Å². The first-order valence-corrected chi connectivity index (χ1v) is 6.10. The zero-order chi connectivity index (χ0) is 11.4. The molecule has 0 unspecified atom stereocenters. The Labute approximate surface area is 96.4 Å². The first-order chi connectivity index (χ1) is 7.06. The zero-order valence-electron chi connectivity index (χ0n) is 9.45. The van der Waals surface area contributed by atoms with Crippen LogP contribution in [0.2, 0.25) is 0 Å². The van der Waals surface area contributed by atoms with Crippen LogP contribution >= 0.6 is 11.6 Å². The van der Waals surface area contributed by atoms with Gasteiger partial charge in [0.25, 0.3) is 0 Å². The molecule has 0 radical (unpaired) electrons. The van der Waals surface area contributed by atoms with Crippen molar-refractivity contribution in [3.8, 4) is 0 Å². The standard InChI is InChI=1S/C11H20ClNO2/c1-3-10(12)11(15)13-6-4-5-9(7-13)8(2)14/h8-10,14H,3-7H2,1-2H3/t8-,9-,10-/m0/s1. The molecule has 0 aromatic carbocycles. The van der Waals surface area contributed by atoms with Crippen LogP contribution in [0.25, 0.3) is 0 Å². The van der Waals surface area contributed by atoms with Gasteiger partial charge in [0, 0.05) is 19.0 Å². The first-order valence-electron chi connectivity index (χ1n) is 5.67. The van der Waals surface area contributed by atoms with Crippen molar-refractivity contribution in [2.75, 3.05) is 13.1 Å². The highest BCUT2D eigenvalue weighted by molar-refractivity contribution is 6.30. The topological polar surface area (TPSA) is 40.5 Å². The van der Waals surface area contributed by atoms with Gasteiger partial charge in [-0.2, -0.15) is 0 Å². The molecule has 1 N–H and O–H groups in total. The number of alkyl halides is 1. The number of aliphatic hydroxyl groups is 1. The van der Waals surface area contributed by atoms with Crippen LogP contribution in [0.1, 0.15) is 33.1 Å². The van der Waals surface area contributed by atoms with Crippen LogP contribution in [0.5, 0.6) is 0 Å². The SMILES string of the molecule is CC[C@H](Cl)C(=O)N1CCC[C@H]([C@H](C)O)C1. The molecule has 1 fully saturated rings. The number of rotatable bonds is 3. The van der Waals surface area contributed by atoms with Gasteiger partial charge in [-0.05, 0) is 26.2 Å². The Morgan fingerprint density at radius 2 is 2.33 bits per heavy atom. The molecule has 0 spiro atoms. The molecule has 15 heavy (non-hydrogen) atoms. The average Bonchev–Trinajstić information content (AvgIpc) is 2.27. The van der Waals surface area contributed by atoms with E-state index < -0.39 is 5.38 Å². The van der Waals surface area contributed by atoms with E-state index in [9.17, 15) is 9.90 Å². The molecule has 1 saturated heterocycles. The average molecular weight is 234 g/mol. The van der Waals surface area contributed by atoms with Crippen molar-refractivity contribution in [2.24, 2.45) is 5.92 Å². The minimum absolute atomic E-state index is 0.0181. The molecule has 0 aromatic heterocycles. The van der Waals surface area contributed by atoms with E-state index in [1.165, 1.54) is 0 Å². The highest BCUT2D eigenvalue weighted by atomic mass is 35.5. The van der Waals surface area contributed by atoms with E-state index in [1.807, 2.05) is 6.92 Å². The molecule has 1 amide bonds. The zero-order valence-corrected chi connectivity index (χ0v) is 10.2. The van der Waals surface area contributed by atoms with E-state index in [1.54, 1.807) is 11.8 Å². The summed E-state index contributed by atoms with van der Waals surface area (Å²) < 4.78 is 0. The van der Waals surface area contributed by atoms with Gasteiger partial charge < -0.3 is 10.0 Å². The number of likely N-dealkylation sites (tertiary alicyclic amines) is 1. The maximum atomic E-state index is 11.8. The molecule has 4 heteroatoms. The highest BCUT2D eigenvalue weighted by Crippen LogP contribution is 2.21. The minimum atomic E-state index is -0.405. The van der Waals surface area contributed by atoms with Gasteiger partial charge in [-0.3, -0.25) is 4.79 Å². The Morgan fingerprint density at radius 1 is 1.67 bits per heavy atom. The van der Waals surface area contributed by atoms with E-state index in [-0.39, 0.29) is 17.9 Å². The Hall–Kier alpha value is -0.280. The predicted octanol–water partition coefficient (Wildman–Crippen LogP) is 1.62. The van der Waals surface area contributed by atoms with Gasteiger partial charge in [0.1, 0.15) is 5.38 Å². The van der Waals surface area contributed by atoms with Gasteiger partial charge in [0.2, 0.25) is 5.91 Å². The Morgan fingerprint density at radius 3 is 2.87 bits per heavy atom. The normalized spacial score (nSPS) is 26.1. The second kappa shape index (κ2) is 5.71. The Balaban J connectivity index is 2.52. The molecule has 0 aromatic rings. The summed E-state index contributed by atoms with van der Waals surface area (Å²) in [4.78, 5) is 13.6. The van der Waals surface area contributed by atoms with Crippen LogP contribution in [0.3, 0.4) is 0 Å². The van der Waals surface area contributed by atoms with Crippen LogP contribution in [-0.2, 0) is 4.79 Å². The third-order valence-electron chi connectivity index (χ3n) is 3.08. The van der Waals surface area contributed by atoms with Crippen molar-refractivity contribution < 1.29 is 9.90 Å². The molecule has 3 atom stereocenters. The third kappa shape index (κ3) is 3.35. The van der Waals surface area contributed by atoms with Crippen molar-refractivity contribution in [1.29, 1.82) is 0 Å². The summed E-state index contributed by atoms with van der Waals surface area (Å²) in [5.41, 5.74) is 0. The number of piperidine rings is 1. The number of hydrogen-bond donors (Lipinski definition) is 1. The fraction of sp³-hybridized carbons (Fsp3) is 0.909. The van der Waals surface area contributed by atoms with Crippen LogP contribution in [0.15, 0.2) is 0 Å². The molecule has 1 aliphatic heterocycles. The molecule has 0 aliphatic carbocycles. The number of hydrogen-bond acceptors (Lipinski definition) is 2. The van der Waals surface area contributed by atoms with Crippen molar-refractivity contribution in [1.82, 2.24) is 4.90 Å². The number of carbonyl (C=O) groups excluding carboxylic acids is 1. The fourth-order valence-corrected chi connectivity index (χ4v) is 2.11. The van der Waals surface area contributed by atoms with Crippen molar-refractivity contribution in [3.63, 3.8) is 0 Å². The summed E-state index contributed by atoms with van der Waals surface area (Å²) in [5, 5.41) is 9.10. The number of aliphatic hydroxyl groups excluding tert-OH is 1. The number of halogens is 1. The van der Waals surface area contributed by atoms with Gasteiger partial charge in [-0.25, -0.2) is 0 Å². The quantitative estimate of drug-likeness (QED) is 0.753. The van der Waals surface area contributed by atoms with Gasteiger partial charge in [-0.1, -0.05) is 6.92 Å². The van der Waals surface area contributed by atoms with E-state index in [0.717, 1.165) is 19.4 Å². The maximum Gasteiger partial charge on any atom is 0.240 e. The minimum Gasteiger partial charge on any atom is -0.393 e. The van der Waals surface area contributed by atoms with Crippen molar-refractivity contribution in [2.45, 2.75) is 44.6 Å². The third-order valence-corrected chi connectivity index (χ3v) is 3.57. The maximum absolute atomic E-state index is 11.8. The smallest absolute Gasteiger partial charge is 0.240 e. The lowest BCUT2D eigenvalue weighted by Crippen LogP contribution is -2.45.